The Morgan fingerprint density at radius 3 is 2.76 bits per heavy atom. The highest BCUT2D eigenvalue weighted by molar-refractivity contribution is 6.31. The van der Waals surface area contributed by atoms with Crippen LogP contribution in [0.3, 0.4) is 0 Å². The minimum atomic E-state index is 0.0445. The van der Waals surface area contributed by atoms with Crippen molar-refractivity contribution >= 4 is 11.6 Å². The fourth-order valence-electron chi connectivity index (χ4n) is 1.92. The summed E-state index contributed by atoms with van der Waals surface area (Å²) in [6.07, 6.45) is 3.73. The van der Waals surface area contributed by atoms with Crippen molar-refractivity contribution in [3.8, 4) is 6.07 Å². The molecule has 1 aromatic heterocycles. The Hall–Kier alpha value is -1.83. The second-order valence-corrected chi connectivity index (χ2v) is 6.40. The van der Waals surface area contributed by atoms with Gasteiger partial charge in [0.1, 0.15) is 5.82 Å². The highest BCUT2D eigenvalue weighted by Gasteiger charge is 2.12. The number of nitriles is 1. The van der Waals surface area contributed by atoms with Crippen molar-refractivity contribution in [2.24, 2.45) is 0 Å². The lowest BCUT2D eigenvalue weighted by atomic mass is 10.1. The molecule has 110 valence electrons. The molecule has 4 nitrogen and oxygen atoms in total. The molecule has 0 aliphatic carbocycles. The summed E-state index contributed by atoms with van der Waals surface area (Å²) in [5, 5.41) is 12.9. The molecular formula is C16H19ClN4. The maximum absolute atomic E-state index is 8.87. The molecule has 1 heterocycles. The van der Waals surface area contributed by atoms with Gasteiger partial charge in [-0.3, -0.25) is 0 Å². The topological polar surface area (TPSA) is 53.6 Å². The third-order valence-corrected chi connectivity index (χ3v) is 3.45. The minimum absolute atomic E-state index is 0.0445. The fraction of sp³-hybridized carbons (Fsp3) is 0.375. The fourth-order valence-corrected chi connectivity index (χ4v) is 2.16. The van der Waals surface area contributed by atoms with Gasteiger partial charge in [0.15, 0.2) is 0 Å². The number of halogens is 1. The second-order valence-electron chi connectivity index (χ2n) is 5.99. The standard InChI is InChI=1S/C16H19ClN4/c1-16(2,3)20-10-15-19-6-7-21(15)11-13-5-4-12(9-18)8-14(13)17/h4-8,20H,10-11H2,1-3H3. The summed E-state index contributed by atoms with van der Waals surface area (Å²) >= 11 is 6.23. The maximum atomic E-state index is 8.87. The van der Waals surface area contributed by atoms with E-state index in [2.05, 4.69) is 41.7 Å². The van der Waals surface area contributed by atoms with Crippen molar-refractivity contribution in [1.29, 1.82) is 5.26 Å². The van der Waals surface area contributed by atoms with E-state index in [0.717, 1.165) is 11.4 Å². The SMILES string of the molecule is CC(C)(C)NCc1nccn1Cc1ccc(C#N)cc1Cl. The van der Waals surface area contributed by atoms with Crippen molar-refractivity contribution < 1.29 is 0 Å². The van der Waals surface area contributed by atoms with Gasteiger partial charge < -0.3 is 9.88 Å². The molecule has 5 heteroatoms. The van der Waals surface area contributed by atoms with E-state index in [1.54, 1.807) is 18.3 Å². The van der Waals surface area contributed by atoms with E-state index in [4.69, 9.17) is 16.9 Å². The van der Waals surface area contributed by atoms with Crippen molar-refractivity contribution in [3.63, 3.8) is 0 Å². The molecule has 2 aromatic rings. The van der Waals surface area contributed by atoms with Gasteiger partial charge in [-0.2, -0.15) is 5.26 Å². The van der Waals surface area contributed by atoms with Crippen LogP contribution in [0.1, 0.15) is 37.7 Å². The van der Waals surface area contributed by atoms with Gasteiger partial charge in [-0.15, -0.1) is 0 Å². The van der Waals surface area contributed by atoms with Crippen LogP contribution in [0.4, 0.5) is 0 Å². The number of hydrogen-bond acceptors (Lipinski definition) is 3. The molecule has 0 saturated heterocycles. The van der Waals surface area contributed by atoms with Crippen LogP contribution in [-0.4, -0.2) is 15.1 Å². The molecule has 0 bridgehead atoms. The van der Waals surface area contributed by atoms with Crippen molar-refractivity contribution in [2.45, 2.75) is 39.4 Å². The molecule has 0 amide bonds. The first-order chi connectivity index (χ1) is 9.89. The first-order valence-corrected chi connectivity index (χ1v) is 7.20. The van der Waals surface area contributed by atoms with Gasteiger partial charge in [-0.1, -0.05) is 17.7 Å². The number of nitrogens with zero attached hydrogens (tertiary/aromatic N) is 3. The second kappa shape index (κ2) is 6.30. The number of nitrogens with one attached hydrogen (secondary N) is 1. The summed E-state index contributed by atoms with van der Waals surface area (Å²) in [5.74, 6) is 0.963. The van der Waals surface area contributed by atoms with Crippen LogP contribution in [0.15, 0.2) is 30.6 Å². The van der Waals surface area contributed by atoms with Gasteiger partial charge in [-0.25, -0.2) is 4.98 Å². The number of hydrogen-bond donors (Lipinski definition) is 1. The first-order valence-electron chi connectivity index (χ1n) is 6.82. The van der Waals surface area contributed by atoms with E-state index in [1.165, 1.54) is 0 Å². The van der Waals surface area contributed by atoms with E-state index in [0.29, 0.717) is 23.7 Å². The van der Waals surface area contributed by atoms with Crippen LogP contribution in [0.25, 0.3) is 0 Å². The molecule has 0 aliphatic rings. The van der Waals surface area contributed by atoms with Crippen LogP contribution >= 0.6 is 11.6 Å². The number of rotatable bonds is 4. The minimum Gasteiger partial charge on any atom is -0.329 e. The van der Waals surface area contributed by atoms with Gasteiger partial charge in [-0.05, 0) is 38.5 Å². The lowest BCUT2D eigenvalue weighted by molar-refractivity contribution is 0.413. The smallest absolute Gasteiger partial charge is 0.122 e. The van der Waals surface area contributed by atoms with Crippen LogP contribution < -0.4 is 5.32 Å². The Bertz CT molecular complexity index is 662. The molecule has 2 rings (SSSR count). The average Bonchev–Trinajstić information content (AvgIpc) is 2.85. The lowest BCUT2D eigenvalue weighted by Crippen LogP contribution is -2.36. The predicted octanol–water partition coefficient (Wildman–Crippen LogP) is 3.34. The van der Waals surface area contributed by atoms with E-state index >= 15 is 0 Å². The summed E-state index contributed by atoms with van der Waals surface area (Å²) < 4.78 is 2.06. The largest absolute Gasteiger partial charge is 0.329 e. The predicted molar refractivity (Wildman–Crippen MR) is 84.1 cm³/mol. The van der Waals surface area contributed by atoms with Crippen molar-refractivity contribution in [2.75, 3.05) is 0 Å². The Labute approximate surface area is 130 Å². The molecule has 0 radical (unpaired) electrons. The molecule has 21 heavy (non-hydrogen) atoms. The zero-order chi connectivity index (χ0) is 15.5. The quantitative estimate of drug-likeness (QED) is 0.942. The number of imidazole rings is 1. The molecule has 0 unspecified atom stereocenters. The molecule has 1 aromatic carbocycles. The Kier molecular flexibility index (Phi) is 4.66. The summed E-state index contributed by atoms with van der Waals surface area (Å²) in [5.41, 5.74) is 1.60. The molecule has 0 saturated carbocycles. The third kappa shape index (κ3) is 4.32. The average molecular weight is 303 g/mol. The van der Waals surface area contributed by atoms with Crippen LogP contribution in [0.5, 0.6) is 0 Å². The first kappa shape index (κ1) is 15.6. The van der Waals surface area contributed by atoms with Gasteiger partial charge in [0.2, 0.25) is 0 Å². The Balaban J connectivity index is 2.14. The van der Waals surface area contributed by atoms with E-state index in [-0.39, 0.29) is 5.54 Å². The van der Waals surface area contributed by atoms with E-state index in [1.807, 2.05) is 12.3 Å². The summed E-state index contributed by atoms with van der Waals surface area (Å²) in [4.78, 5) is 4.38. The van der Waals surface area contributed by atoms with Gasteiger partial charge >= 0.3 is 0 Å². The van der Waals surface area contributed by atoms with E-state index < -0.39 is 0 Å². The van der Waals surface area contributed by atoms with Crippen molar-refractivity contribution in [1.82, 2.24) is 14.9 Å². The third-order valence-electron chi connectivity index (χ3n) is 3.10. The summed E-state index contributed by atoms with van der Waals surface area (Å²) in [7, 11) is 0. The zero-order valence-corrected chi connectivity index (χ0v) is 13.3. The molecule has 0 atom stereocenters. The normalized spacial score (nSPS) is 11.4. The summed E-state index contributed by atoms with van der Waals surface area (Å²) in [6, 6.07) is 7.46. The highest BCUT2D eigenvalue weighted by Crippen LogP contribution is 2.19. The van der Waals surface area contributed by atoms with Crippen LogP contribution in [0.2, 0.25) is 5.02 Å². The number of benzene rings is 1. The molecule has 0 fully saturated rings. The maximum Gasteiger partial charge on any atom is 0.122 e. The van der Waals surface area contributed by atoms with Crippen LogP contribution in [-0.2, 0) is 13.1 Å². The van der Waals surface area contributed by atoms with E-state index in [9.17, 15) is 0 Å². The van der Waals surface area contributed by atoms with Gasteiger partial charge in [0.05, 0.1) is 24.7 Å². The van der Waals surface area contributed by atoms with Gasteiger partial charge in [0, 0.05) is 23.0 Å². The lowest BCUT2D eigenvalue weighted by Gasteiger charge is -2.20. The molecule has 0 spiro atoms. The monoisotopic (exact) mass is 302 g/mol. The van der Waals surface area contributed by atoms with Gasteiger partial charge in [0.25, 0.3) is 0 Å². The molecule has 0 aliphatic heterocycles. The summed E-state index contributed by atoms with van der Waals surface area (Å²) in [6.45, 7) is 7.71. The highest BCUT2D eigenvalue weighted by atomic mass is 35.5. The van der Waals surface area contributed by atoms with Crippen molar-refractivity contribution in [3.05, 3.63) is 52.6 Å². The Morgan fingerprint density at radius 2 is 2.14 bits per heavy atom. The van der Waals surface area contributed by atoms with Crippen LogP contribution in [0, 0.1) is 11.3 Å². The zero-order valence-electron chi connectivity index (χ0n) is 12.5. The molecule has 1 N–H and O–H groups in total. The number of aromatic nitrogens is 2. The Morgan fingerprint density at radius 1 is 1.38 bits per heavy atom. The molecular weight excluding hydrogens is 284 g/mol.